The van der Waals surface area contributed by atoms with Crippen LogP contribution in [-0.2, 0) is 10.2 Å². The molecule has 1 amide bonds. The number of likely N-dealkylation sites (tertiary alicyclic amines) is 1. The van der Waals surface area contributed by atoms with Crippen LogP contribution < -0.4 is 15.4 Å². The second-order valence-corrected chi connectivity index (χ2v) is 9.10. The fraction of sp³-hybridized carbons (Fsp3) is 0.667. The summed E-state index contributed by atoms with van der Waals surface area (Å²) < 4.78 is 5.29. The first kappa shape index (κ1) is 24.1. The summed E-state index contributed by atoms with van der Waals surface area (Å²) in [5.74, 6) is 2.41. The molecule has 0 bridgehead atoms. The van der Waals surface area contributed by atoms with E-state index < -0.39 is 0 Å². The zero-order valence-corrected chi connectivity index (χ0v) is 21.2. The number of hydrogen-bond donors (Lipinski definition) is 2. The van der Waals surface area contributed by atoms with Crippen LogP contribution >= 0.6 is 24.0 Å². The Balaban J connectivity index is 0.00000272. The number of amides is 1. The van der Waals surface area contributed by atoms with Crippen molar-refractivity contribution in [3.8, 4) is 5.75 Å². The first-order chi connectivity index (χ1) is 14.6. The van der Waals surface area contributed by atoms with E-state index in [1.165, 1.54) is 31.2 Å². The molecule has 1 saturated heterocycles. The van der Waals surface area contributed by atoms with Gasteiger partial charge in [0.15, 0.2) is 5.96 Å². The summed E-state index contributed by atoms with van der Waals surface area (Å²) in [7, 11) is 1.70. The number of aliphatic imine (C=N–C) groups is 1. The van der Waals surface area contributed by atoms with Gasteiger partial charge in [-0.2, -0.15) is 0 Å². The summed E-state index contributed by atoms with van der Waals surface area (Å²) in [5, 5.41) is 6.98. The van der Waals surface area contributed by atoms with Crippen LogP contribution in [0.25, 0.3) is 0 Å². The molecule has 1 unspecified atom stereocenters. The Morgan fingerprint density at radius 3 is 2.52 bits per heavy atom. The van der Waals surface area contributed by atoms with Crippen molar-refractivity contribution in [2.75, 3.05) is 33.3 Å². The highest BCUT2D eigenvalue weighted by Crippen LogP contribution is 2.48. The molecular weight excluding hydrogens is 503 g/mol. The molecule has 2 aliphatic carbocycles. The Kier molecular flexibility index (Phi) is 8.47. The van der Waals surface area contributed by atoms with Crippen molar-refractivity contribution in [1.82, 2.24) is 15.5 Å². The lowest BCUT2D eigenvalue weighted by Crippen LogP contribution is -2.45. The van der Waals surface area contributed by atoms with Crippen molar-refractivity contribution < 1.29 is 9.53 Å². The van der Waals surface area contributed by atoms with Crippen molar-refractivity contribution >= 4 is 35.8 Å². The number of hydrogen-bond acceptors (Lipinski definition) is 3. The molecule has 7 heteroatoms. The van der Waals surface area contributed by atoms with Gasteiger partial charge in [-0.25, -0.2) is 0 Å². The largest absolute Gasteiger partial charge is 0.497 e. The number of methoxy groups -OCH3 is 1. The summed E-state index contributed by atoms with van der Waals surface area (Å²) in [4.78, 5) is 19.7. The van der Waals surface area contributed by atoms with E-state index in [9.17, 15) is 4.79 Å². The van der Waals surface area contributed by atoms with Gasteiger partial charge in [0.2, 0.25) is 5.91 Å². The fourth-order valence-corrected chi connectivity index (χ4v) is 4.89. The van der Waals surface area contributed by atoms with Gasteiger partial charge in [0.05, 0.1) is 13.7 Å². The Hall–Kier alpha value is -1.51. The molecule has 172 valence electrons. The summed E-state index contributed by atoms with van der Waals surface area (Å²) in [6.45, 7) is 5.37. The molecule has 1 heterocycles. The van der Waals surface area contributed by atoms with Gasteiger partial charge in [0, 0.05) is 37.0 Å². The minimum atomic E-state index is 0. The van der Waals surface area contributed by atoms with Gasteiger partial charge in [-0.1, -0.05) is 25.0 Å². The van der Waals surface area contributed by atoms with Gasteiger partial charge < -0.3 is 20.3 Å². The van der Waals surface area contributed by atoms with E-state index in [2.05, 4.69) is 34.6 Å². The van der Waals surface area contributed by atoms with E-state index in [1.54, 1.807) is 7.11 Å². The predicted molar refractivity (Wildman–Crippen MR) is 135 cm³/mol. The number of guanidine groups is 1. The van der Waals surface area contributed by atoms with Crippen molar-refractivity contribution in [2.24, 2.45) is 10.9 Å². The molecule has 1 aromatic rings. The Bertz CT molecular complexity index is 757. The molecule has 2 N–H and O–H groups in total. The summed E-state index contributed by atoms with van der Waals surface area (Å²) in [6.07, 6.45) is 7.91. The summed E-state index contributed by atoms with van der Waals surface area (Å²) in [6, 6.07) is 8.70. The average Bonchev–Trinajstić information content (AvgIpc) is 3.16. The Morgan fingerprint density at radius 2 is 1.90 bits per heavy atom. The number of halogens is 1. The quantitative estimate of drug-likeness (QED) is 0.315. The number of nitrogens with one attached hydrogen (secondary N) is 2. The lowest BCUT2D eigenvalue weighted by molar-refractivity contribution is -0.134. The lowest BCUT2D eigenvalue weighted by Gasteiger charge is -2.22. The third kappa shape index (κ3) is 5.84. The Morgan fingerprint density at radius 1 is 1.19 bits per heavy atom. The molecule has 2 saturated carbocycles. The second kappa shape index (κ2) is 10.9. The molecule has 4 rings (SSSR count). The molecule has 3 fully saturated rings. The summed E-state index contributed by atoms with van der Waals surface area (Å²) in [5.41, 5.74) is 1.51. The van der Waals surface area contributed by atoms with E-state index in [0.29, 0.717) is 5.91 Å². The molecular formula is C24H37IN4O2. The normalized spacial score (nSPS) is 22.7. The molecule has 1 aliphatic heterocycles. The number of benzene rings is 1. The van der Waals surface area contributed by atoms with E-state index in [0.717, 1.165) is 57.2 Å². The maximum atomic E-state index is 12.7. The van der Waals surface area contributed by atoms with E-state index >= 15 is 0 Å². The first-order valence-electron chi connectivity index (χ1n) is 11.6. The Labute approximate surface area is 203 Å². The van der Waals surface area contributed by atoms with Crippen LogP contribution in [0.1, 0.15) is 57.4 Å². The number of carbonyl (C=O) groups excluding carboxylic acids is 1. The van der Waals surface area contributed by atoms with E-state index in [4.69, 9.17) is 9.73 Å². The van der Waals surface area contributed by atoms with Crippen molar-refractivity contribution in [3.63, 3.8) is 0 Å². The van der Waals surface area contributed by atoms with Gasteiger partial charge >= 0.3 is 0 Å². The monoisotopic (exact) mass is 540 g/mol. The van der Waals surface area contributed by atoms with Gasteiger partial charge in [0.25, 0.3) is 0 Å². The summed E-state index contributed by atoms with van der Waals surface area (Å²) >= 11 is 0. The van der Waals surface area contributed by atoms with Crippen molar-refractivity contribution in [3.05, 3.63) is 29.8 Å². The van der Waals surface area contributed by atoms with Crippen molar-refractivity contribution in [2.45, 2.75) is 63.3 Å². The SMILES string of the molecule is CCNC(=NCC1(c2ccc(OC)cc2)CC1)NC1CCN(C(=O)C2CCCC2)C1.I. The molecule has 1 atom stereocenters. The van der Waals surface area contributed by atoms with Gasteiger partial charge in [-0.15, -0.1) is 24.0 Å². The van der Waals surface area contributed by atoms with Crippen molar-refractivity contribution in [1.29, 1.82) is 0 Å². The highest BCUT2D eigenvalue weighted by molar-refractivity contribution is 14.0. The number of ether oxygens (including phenoxy) is 1. The zero-order chi connectivity index (χ0) is 21.0. The average molecular weight is 540 g/mol. The molecule has 0 spiro atoms. The van der Waals surface area contributed by atoms with Crippen LogP contribution in [0, 0.1) is 5.92 Å². The van der Waals surface area contributed by atoms with E-state index in [1.807, 2.05) is 12.1 Å². The molecule has 31 heavy (non-hydrogen) atoms. The topological polar surface area (TPSA) is 66.0 Å². The van der Waals surface area contributed by atoms with Crippen LogP contribution in [0.15, 0.2) is 29.3 Å². The maximum Gasteiger partial charge on any atom is 0.225 e. The first-order valence-corrected chi connectivity index (χ1v) is 11.6. The van der Waals surface area contributed by atoms with E-state index in [-0.39, 0.29) is 41.4 Å². The maximum absolute atomic E-state index is 12.7. The molecule has 0 radical (unpaired) electrons. The van der Waals surface area contributed by atoms with Crippen LogP contribution in [0.2, 0.25) is 0 Å². The molecule has 6 nitrogen and oxygen atoms in total. The number of carbonyl (C=O) groups is 1. The van der Waals surface area contributed by atoms with Crippen LogP contribution in [0.3, 0.4) is 0 Å². The highest BCUT2D eigenvalue weighted by Gasteiger charge is 2.44. The third-order valence-electron chi connectivity index (χ3n) is 6.99. The van der Waals surface area contributed by atoms with Crippen LogP contribution in [0.4, 0.5) is 0 Å². The highest BCUT2D eigenvalue weighted by atomic mass is 127. The molecule has 1 aromatic carbocycles. The van der Waals surface area contributed by atoms with Crippen LogP contribution in [-0.4, -0.2) is 56.1 Å². The second-order valence-electron chi connectivity index (χ2n) is 9.10. The van der Waals surface area contributed by atoms with Gasteiger partial charge in [-0.3, -0.25) is 9.79 Å². The van der Waals surface area contributed by atoms with Crippen LogP contribution in [0.5, 0.6) is 5.75 Å². The number of rotatable bonds is 7. The third-order valence-corrected chi connectivity index (χ3v) is 6.99. The number of nitrogens with zero attached hydrogens (tertiary/aromatic N) is 2. The minimum absolute atomic E-state index is 0. The minimum Gasteiger partial charge on any atom is -0.497 e. The zero-order valence-electron chi connectivity index (χ0n) is 18.9. The molecule has 0 aromatic heterocycles. The van der Waals surface area contributed by atoms with Gasteiger partial charge in [-0.05, 0) is 56.7 Å². The molecule has 3 aliphatic rings. The predicted octanol–water partition coefficient (Wildman–Crippen LogP) is 3.69. The van der Waals surface area contributed by atoms with Gasteiger partial charge in [0.1, 0.15) is 5.75 Å². The standard InChI is InChI=1S/C24H36N4O2.HI/c1-3-25-23(26-17-24(13-14-24)19-8-10-21(30-2)11-9-19)27-20-12-15-28(16-20)22(29)18-6-4-5-7-18;/h8-11,18,20H,3-7,12-17H2,1-2H3,(H2,25,26,27);1H. The lowest BCUT2D eigenvalue weighted by atomic mass is 9.96. The fourth-order valence-electron chi connectivity index (χ4n) is 4.89. The smallest absolute Gasteiger partial charge is 0.225 e.